The highest BCUT2D eigenvalue weighted by Gasteiger charge is 2.34. The number of aromatic nitrogens is 1. The number of methoxy groups -OCH3 is 1. The van der Waals surface area contributed by atoms with Crippen LogP contribution in [0.2, 0.25) is 0 Å². The second-order valence-electron chi connectivity index (χ2n) is 4.51. The molecule has 1 amide bonds. The molecule has 1 aromatic rings. The predicted octanol–water partition coefficient (Wildman–Crippen LogP) is 1.37. The maximum Gasteiger partial charge on any atom is 0.259 e. The molecule has 1 heterocycles. The molecule has 2 rings (SSSR count). The summed E-state index contributed by atoms with van der Waals surface area (Å²) in [6, 6.07) is 3.75. The SMILES string of the molecule is COc1ncccc1C(=O)N(CCC(N)=S)C1CC1. The summed E-state index contributed by atoms with van der Waals surface area (Å²) in [6.07, 6.45) is 4.21. The lowest BCUT2D eigenvalue weighted by Crippen LogP contribution is -2.35. The molecule has 0 saturated heterocycles. The van der Waals surface area contributed by atoms with Crippen LogP contribution >= 0.6 is 12.2 Å². The maximum atomic E-state index is 12.5. The Morgan fingerprint density at radius 2 is 2.37 bits per heavy atom. The topological polar surface area (TPSA) is 68.5 Å². The Bertz CT molecular complexity index is 489. The van der Waals surface area contributed by atoms with Gasteiger partial charge < -0.3 is 15.4 Å². The van der Waals surface area contributed by atoms with Crippen molar-refractivity contribution in [2.75, 3.05) is 13.7 Å². The van der Waals surface area contributed by atoms with Gasteiger partial charge in [0.25, 0.3) is 5.91 Å². The molecule has 5 nitrogen and oxygen atoms in total. The minimum Gasteiger partial charge on any atom is -0.480 e. The van der Waals surface area contributed by atoms with Crippen molar-refractivity contribution in [2.45, 2.75) is 25.3 Å². The highest BCUT2D eigenvalue weighted by atomic mass is 32.1. The summed E-state index contributed by atoms with van der Waals surface area (Å²) in [5.74, 6) is 0.289. The van der Waals surface area contributed by atoms with Gasteiger partial charge in [0.05, 0.1) is 12.1 Å². The molecular formula is C13H17N3O2S. The molecule has 6 heteroatoms. The Morgan fingerprint density at radius 3 is 2.95 bits per heavy atom. The first-order chi connectivity index (χ1) is 9.13. The normalized spacial score (nSPS) is 13.9. The Kier molecular flexibility index (Phi) is 4.31. The molecule has 0 atom stereocenters. The standard InChI is InChI=1S/C13H17N3O2S/c1-18-12-10(3-2-7-15-12)13(17)16(9-4-5-9)8-6-11(14)19/h2-3,7,9H,4-6,8H2,1H3,(H2,14,19). The molecule has 2 N–H and O–H groups in total. The van der Waals surface area contributed by atoms with E-state index in [-0.39, 0.29) is 5.91 Å². The predicted molar refractivity (Wildman–Crippen MR) is 76.2 cm³/mol. The zero-order valence-corrected chi connectivity index (χ0v) is 11.7. The van der Waals surface area contributed by atoms with Crippen molar-refractivity contribution in [3.8, 4) is 5.88 Å². The van der Waals surface area contributed by atoms with E-state index in [0.717, 1.165) is 12.8 Å². The fourth-order valence-electron chi connectivity index (χ4n) is 1.94. The Labute approximate surface area is 117 Å². The average molecular weight is 279 g/mol. The van der Waals surface area contributed by atoms with Gasteiger partial charge in [-0.2, -0.15) is 0 Å². The van der Waals surface area contributed by atoms with Gasteiger partial charge in [-0.05, 0) is 25.0 Å². The van der Waals surface area contributed by atoms with E-state index in [9.17, 15) is 4.79 Å². The summed E-state index contributed by atoms with van der Waals surface area (Å²) in [5.41, 5.74) is 6.00. The van der Waals surface area contributed by atoms with E-state index < -0.39 is 0 Å². The quantitative estimate of drug-likeness (QED) is 0.797. The average Bonchev–Trinajstić information content (AvgIpc) is 3.23. The first-order valence-corrected chi connectivity index (χ1v) is 6.62. The van der Waals surface area contributed by atoms with Gasteiger partial charge in [-0.1, -0.05) is 12.2 Å². The van der Waals surface area contributed by atoms with Crippen molar-refractivity contribution in [3.05, 3.63) is 23.9 Å². The minimum atomic E-state index is -0.0660. The van der Waals surface area contributed by atoms with Gasteiger partial charge in [-0.3, -0.25) is 4.79 Å². The lowest BCUT2D eigenvalue weighted by atomic mass is 10.2. The van der Waals surface area contributed by atoms with Crippen LogP contribution in [0.15, 0.2) is 18.3 Å². The van der Waals surface area contributed by atoms with Crippen LogP contribution < -0.4 is 10.5 Å². The molecule has 1 fully saturated rings. The van der Waals surface area contributed by atoms with Crippen molar-refractivity contribution in [1.29, 1.82) is 0 Å². The summed E-state index contributed by atoms with van der Waals surface area (Å²) >= 11 is 4.88. The van der Waals surface area contributed by atoms with Crippen LogP contribution in [0.1, 0.15) is 29.6 Å². The molecule has 1 aromatic heterocycles. The summed E-state index contributed by atoms with van der Waals surface area (Å²) in [6.45, 7) is 0.552. The number of hydrogen-bond donors (Lipinski definition) is 1. The van der Waals surface area contributed by atoms with Crippen LogP contribution in [-0.2, 0) is 0 Å². The van der Waals surface area contributed by atoms with Gasteiger partial charge in [0, 0.05) is 25.2 Å². The molecule has 0 unspecified atom stereocenters. The number of thiocarbonyl (C=S) groups is 1. The number of pyridine rings is 1. The first kappa shape index (κ1) is 13.7. The highest BCUT2D eigenvalue weighted by Crippen LogP contribution is 2.29. The first-order valence-electron chi connectivity index (χ1n) is 6.21. The van der Waals surface area contributed by atoms with Gasteiger partial charge in [0.15, 0.2) is 0 Å². The monoisotopic (exact) mass is 279 g/mol. The highest BCUT2D eigenvalue weighted by molar-refractivity contribution is 7.80. The molecule has 1 saturated carbocycles. The summed E-state index contributed by atoms with van der Waals surface area (Å²) in [5, 5.41) is 0. The van der Waals surface area contributed by atoms with Crippen molar-refractivity contribution in [3.63, 3.8) is 0 Å². The Hall–Kier alpha value is -1.69. The molecule has 0 aliphatic heterocycles. The van der Waals surface area contributed by atoms with Gasteiger partial charge in [-0.25, -0.2) is 4.98 Å². The van der Waals surface area contributed by atoms with Crippen LogP contribution in [0.3, 0.4) is 0 Å². The van der Waals surface area contributed by atoms with Crippen molar-refractivity contribution in [1.82, 2.24) is 9.88 Å². The number of nitrogens with two attached hydrogens (primary N) is 1. The fourth-order valence-corrected chi connectivity index (χ4v) is 2.03. The van der Waals surface area contributed by atoms with E-state index in [4.69, 9.17) is 22.7 Å². The molecule has 0 aromatic carbocycles. The zero-order chi connectivity index (χ0) is 13.8. The molecule has 0 spiro atoms. The number of hydrogen-bond acceptors (Lipinski definition) is 4. The van der Waals surface area contributed by atoms with E-state index in [0.29, 0.717) is 35.4 Å². The summed E-state index contributed by atoms with van der Waals surface area (Å²) < 4.78 is 5.13. The maximum absolute atomic E-state index is 12.5. The van der Waals surface area contributed by atoms with Crippen LogP contribution in [0, 0.1) is 0 Å². The number of amides is 1. The van der Waals surface area contributed by atoms with Gasteiger partial charge in [-0.15, -0.1) is 0 Å². The number of nitrogens with zero attached hydrogens (tertiary/aromatic N) is 2. The van der Waals surface area contributed by atoms with Crippen molar-refractivity contribution < 1.29 is 9.53 Å². The summed E-state index contributed by atoms with van der Waals surface area (Å²) in [7, 11) is 1.51. The Morgan fingerprint density at radius 1 is 1.63 bits per heavy atom. The third-order valence-corrected chi connectivity index (χ3v) is 3.25. The smallest absolute Gasteiger partial charge is 0.259 e. The molecule has 0 bridgehead atoms. The zero-order valence-electron chi connectivity index (χ0n) is 10.8. The number of carbonyl (C=O) groups excluding carboxylic acids is 1. The number of ether oxygens (including phenoxy) is 1. The number of rotatable bonds is 6. The minimum absolute atomic E-state index is 0.0660. The molecule has 102 valence electrons. The molecule has 0 radical (unpaired) electrons. The second kappa shape index (κ2) is 5.97. The fraction of sp³-hybridized carbons (Fsp3) is 0.462. The molecule has 1 aliphatic rings. The van der Waals surface area contributed by atoms with E-state index in [1.165, 1.54) is 7.11 Å². The van der Waals surface area contributed by atoms with Crippen LogP contribution in [-0.4, -0.2) is 40.5 Å². The van der Waals surface area contributed by atoms with Gasteiger partial charge in [0.2, 0.25) is 5.88 Å². The van der Waals surface area contributed by atoms with Gasteiger partial charge >= 0.3 is 0 Å². The third-order valence-electron chi connectivity index (χ3n) is 3.04. The Balaban J connectivity index is 2.16. The van der Waals surface area contributed by atoms with Crippen LogP contribution in [0.5, 0.6) is 5.88 Å². The van der Waals surface area contributed by atoms with Gasteiger partial charge in [0.1, 0.15) is 5.56 Å². The van der Waals surface area contributed by atoms with E-state index in [2.05, 4.69) is 4.98 Å². The van der Waals surface area contributed by atoms with Crippen molar-refractivity contribution in [2.24, 2.45) is 5.73 Å². The molecular weight excluding hydrogens is 262 g/mol. The van der Waals surface area contributed by atoms with Crippen LogP contribution in [0.4, 0.5) is 0 Å². The molecule has 19 heavy (non-hydrogen) atoms. The van der Waals surface area contributed by atoms with Crippen LogP contribution in [0.25, 0.3) is 0 Å². The lowest BCUT2D eigenvalue weighted by Gasteiger charge is -2.22. The van der Waals surface area contributed by atoms with E-state index in [1.807, 2.05) is 4.90 Å². The largest absolute Gasteiger partial charge is 0.480 e. The van der Waals surface area contributed by atoms with E-state index >= 15 is 0 Å². The second-order valence-corrected chi connectivity index (χ2v) is 5.03. The van der Waals surface area contributed by atoms with Crippen molar-refractivity contribution >= 4 is 23.1 Å². The number of carbonyl (C=O) groups is 1. The summed E-state index contributed by atoms with van der Waals surface area (Å²) in [4.78, 5) is 18.8. The lowest BCUT2D eigenvalue weighted by molar-refractivity contribution is 0.0744. The third kappa shape index (κ3) is 3.41. The molecule has 1 aliphatic carbocycles. The van der Waals surface area contributed by atoms with E-state index in [1.54, 1.807) is 18.3 Å².